The van der Waals surface area contributed by atoms with Crippen molar-refractivity contribution in [1.82, 2.24) is 49.2 Å². The maximum absolute atomic E-state index is 14.1. The number of nitrogens with two attached hydrogens (primary N) is 1. The molecule has 0 saturated heterocycles. The molecule has 42 heavy (non-hydrogen) atoms. The van der Waals surface area contributed by atoms with Gasteiger partial charge in [-0.05, 0) is 32.0 Å². The number of carbonyl (C=O) groups excluding carboxylic acids is 1. The van der Waals surface area contributed by atoms with Crippen molar-refractivity contribution in [3.8, 4) is 11.8 Å². The second-order valence-electron chi connectivity index (χ2n) is 9.90. The molecule has 0 radical (unpaired) electrons. The lowest BCUT2D eigenvalue weighted by Crippen LogP contribution is -2.34. The van der Waals surface area contributed by atoms with Gasteiger partial charge in [0.15, 0.2) is 11.5 Å². The number of anilines is 1. The molecule has 0 bridgehead atoms. The number of hydrogen-bond acceptors (Lipinski definition) is 8. The molecular formula is C29H27N11O2. The van der Waals surface area contributed by atoms with Crippen molar-refractivity contribution in [2.75, 3.05) is 5.73 Å². The Morgan fingerprint density at radius 1 is 1.19 bits per heavy atom. The van der Waals surface area contributed by atoms with E-state index in [1.54, 1.807) is 71.6 Å². The number of fused-ring (bicyclic) bond motifs is 2. The first-order valence-corrected chi connectivity index (χ1v) is 13.2. The van der Waals surface area contributed by atoms with Crippen LogP contribution in [0.5, 0.6) is 0 Å². The van der Waals surface area contributed by atoms with Crippen molar-refractivity contribution in [2.24, 2.45) is 7.05 Å². The van der Waals surface area contributed by atoms with Crippen LogP contribution >= 0.6 is 0 Å². The van der Waals surface area contributed by atoms with Crippen LogP contribution in [0.15, 0.2) is 60.2 Å². The van der Waals surface area contributed by atoms with Crippen LogP contribution in [-0.2, 0) is 20.0 Å². The highest BCUT2D eigenvalue weighted by Gasteiger charge is 2.24. The highest BCUT2D eigenvalue weighted by atomic mass is 16.2. The number of amides is 1. The van der Waals surface area contributed by atoms with E-state index in [2.05, 4.69) is 42.3 Å². The number of nitrogens with one attached hydrogen (secondary N) is 2. The Morgan fingerprint density at radius 3 is 2.81 bits per heavy atom. The van der Waals surface area contributed by atoms with Gasteiger partial charge in [-0.2, -0.15) is 5.10 Å². The van der Waals surface area contributed by atoms with E-state index in [0.29, 0.717) is 40.9 Å². The summed E-state index contributed by atoms with van der Waals surface area (Å²) in [6.45, 7) is 3.88. The summed E-state index contributed by atoms with van der Waals surface area (Å²) in [5, 5.41) is 11.7. The Balaban J connectivity index is 1.42. The predicted octanol–water partition coefficient (Wildman–Crippen LogP) is 1.92. The first kappa shape index (κ1) is 26.5. The van der Waals surface area contributed by atoms with Crippen LogP contribution in [0, 0.1) is 18.8 Å². The van der Waals surface area contributed by atoms with Crippen molar-refractivity contribution in [3.05, 3.63) is 99.6 Å². The van der Waals surface area contributed by atoms with Crippen LogP contribution in [0.2, 0.25) is 0 Å². The SMILES string of the molecule is Cc1ccn2nc(N)c(C(=O)N[C@@H](C)c3nc4cccc(C#Cc5cnn(C)c5)c4c(=O)n3CCc3cnc[nH]3)c2n1. The van der Waals surface area contributed by atoms with Gasteiger partial charge in [-0.15, -0.1) is 5.10 Å². The average Bonchev–Trinajstić information content (AvgIpc) is 3.70. The van der Waals surface area contributed by atoms with Crippen LogP contribution in [0.4, 0.5) is 5.82 Å². The van der Waals surface area contributed by atoms with Gasteiger partial charge in [0.25, 0.3) is 11.5 Å². The van der Waals surface area contributed by atoms with Crippen molar-refractivity contribution >= 4 is 28.3 Å². The van der Waals surface area contributed by atoms with E-state index in [9.17, 15) is 9.59 Å². The molecule has 6 aromatic rings. The summed E-state index contributed by atoms with van der Waals surface area (Å²) in [4.78, 5) is 44.0. The number of H-pyrrole nitrogens is 1. The van der Waals surface area contributed by atoms with Crippen LogP contribution < -0.4 is 16.6 Å². The van der Waals surface area contributed by atoms with Crippen LogP contribution in [0.3, 0.4) is 0 Å². The number of carbonyl (C=O) groups is 1. The molecule has 13 nitrogen and oxygen atoms in total. The summed E-state index contributed by atoms with van der Waals surface area (Å²) in [7, 11) is 1.81. The van der Waals surface area contributed by atoms with E-state index in [-0.39, 0.29) is 16.9 Å². The van der Waals surface area contributed by atoms with Crippen molar-refractivity contribution in [3.63, 3.8) is 0 Å². The zero-order chi connectivity index (χ0) is 29.4. The number of nitrogens with zero attached hydrogens (tertiary/aromatic N) is 8. The molecular weight excluding hydrogens is 534 g/mol. The molecule has 210 valence electrons. The molecule has 0 unspecified atom stereocenters. The van der Waals surface area contributed by atoms with Gasteiger partial charge in [-0.3, -0.25) is 18.8 Å². The Bertz CT molecular complexity index is 2070. The predicted molar refractivity (Wildman–Crippen MR) is 156 cm³/mol. The van der Waals surface area contributed by atoms with E-state index in [1.807, 2.05) is 14.0 Å². The molecule has 1 atom stereocenters. The highest BCUT2D eigenvalue weighted by Crippen LogP contribution is 2.21. The second kappa shape index (κ2) is 10.7. The van der Waals surface area contributed by atoms with Gasteiger partial charge in [0.1, 0.15) is 11.4 Å². The number of imidazole rings is 1. The molecule has 0 saturated carbocycles. The fraction of sp³-hybridized carbons (Fsp3) is 0.207. The van der Waals surface area contributed by atoms with Gasteiger partial charge < -0.3 is 16.0 Å². The van der Waals surface area contributed by atoms with Crippen molar-refractivity contribution < 1.29 is 4.79 Å². The number of aryl methyl sites for hydroxylation is 3. The first-order chi connectivity index (χ1) is 20.3. The molecule has 0 fully saturated rings. The number of aromatic nitrogens is 9. The fourth-order valence-corrected chi connectivity index (χ4v) is 4.80. The van der Waals surface area contributed by atoms with Gasteiger partial charge in [0.2, 0.25) is 0 Å². The molecule has 0 aliphatic carbocycles. The summed E-state index contributed by atoms with van der Waals surface area (Å²) in [5.41, 5.74) is 9.67. The van der Waals surface area contributed by atoms with E-state index in [4.69, 9.17) is 10.7 Å². The largest absolute Gasteiger partial charge is 0.381 e. The average molecular weight is 562 g/mol. The zero-order valence-electron chi connectivity index (χ0n) is 23.2. The number of aromatic amines is 1. The minimum Gasteiger partial charge on any atom is -0.381 e. The molecule has 6 rings (SSSR count). The van der Waals surface area contributed by atoms with E-state index >= 15 is 0 Å². The fourth-order valence-electron chi connectivity index (χ4n) is 4.80. The van der Waals surface area contributed by atoms with Crippen LogP contribution in [0.25, 0.3) is 16.6 Å². The third-order valence-corrected chi connectivity index (χ3v) is 6.83. The number of benzene rings is 1. The molecule has 5 heterocycles. The maximum Gasteiger partial charge on any atom is 0.262 e. The lowest BCUT2D eigenvalue weighted by Gasteiger charge is -2.20. The Kier molecular flexibility index (Phi) is 6.71. The van der Waals surface area contributed by atoms with Gasteiger partial charge in [-0.1, -0.05) is 17.9 Å². The lowest BCUT2D eigenvalue weighted by atomic mass is 10.1. The van der Waals surface area contributed by atoms with Gasteiger partial charge in [-0.25, -0.2) is 19.5 Å². The summed E-state index contributed by atoms with van der Waals surface area (Å²) >= 11 is 0. The number of hydrogen-bond donors (Lipinski definition) is 3. The van der Waals surface area contributed by atoms with E-state index in [1.165, 1.54) is 4.52 Å². The molecule has 1 aromatic carbocycles. The van der Waals surface area contributed by atoms with Crippen LogP contribution in [0.1, 0.15) is 51.7 Å². The molecule has 0 aliphatic heterocycles. The van der Waals surface area contributed by atoms with E-state index in [0.717, 1.165) is 17.0 Å². The maximum atomic E-state index is 14.1. The number of nitrogen functional groups attached to an aromatic ring is 1. The monoisotopic (exact) mass is 561 g/mol. The Labute approximate surface area is 239 Å². The Hall–Kier alpha value is -5.77. The minimum atomic E-state index is -0.666. The zero-order valence-corrected chi connectivity index (χ0v) is 23.2. The summed E-state index contributed by atoms with van der Waals surface area (Å²) < 4.78 is 4.70. The first-order valence-electron chi connectivity index (χ1n) is 13.2. The van der Waals surface area contributed by atoms with Gasteiger partial charge >= 0.3 is 0 Å². The Morgan fingerprint density at radius 2 is 2.05 bits per heavy atom. The quantitative estimate of drug-likeness (QED) is 0.259. The second-order valence-corrected chi connectivity index (χ2v) is 9.90. The summed E-state index contributed by atoms with van der Waals surface area (Å²) in [6.07, 6.45) is 8.95. The third kappa shape index (κ3) is 4.97. The topological polar surface area (TPSA) is 167 Å². The van der Waals surface area contributed by atoms with Crippen molar-refractivity contribution in [1.29, 1.82) is 0 Å². The normalized spacial score (nSPS) is 11.9. The molecule has 13 heteroatoms. The summed E-state index contributed by atoms with van der Waals surface area (Å²) in [6, 6.07) is 6.47. The molecule has 0 aliphatic rings. The van der Waals surface area contributed by atoms with Gasteiger partial charge in [0, 0.05) is 55.6 Å². The van der Waals surface area contributed by atoms with Gasteiger partial charge in [0.05, 0.1) is 35.0 Å². The van der Waals surface area contributed by atoms with Crippen LogP contribution in [-0.4, -0.2) is 49.8 Å². The molecule has 5 aromatic heterocycles. The number of rotatable bonds is 6. The molecule has 0 spiro atoms. The van der Waals surface area contributed by atoms with E-state index < -0.39 is 11.9 Å². The standard InChI is InChI=1S/C29H27N11O2/c1-17-9-12-40-27(34-17)24(25(30)37-40)28(41)35-18(2)26-36-22-6-4-5-20(8-7-19-13-33-38(3)15-19)23(22)29(42)39(26)11-10-21-14-31-16-32-21/h4-6,9,12-16,18H,10-11H2,1-3H3,(H2,30,37)(H,31,32)(H,35,41)/t18-/m0/s1. The smallest absolute Gasteiger partial charge is 0.262 e. The third-order valence-electron chi connectivity index (χ3n) is 6.83. The minimum absolute atomic E-state index is 0.0535. The highest BCUT2D eigenvalue weighted by molar-refractivity contribution is 6.04. The van der Waals surface area contributed by atoms with Crippen molar-refractivity contribution in [2.45, 2.75) is 32.9 Å². The molecule has 1 amide bonds. The summed E-state index contributed by atoms with van der Waals surface area (Å²) in [5.74, 6) is 6.15. The lowest BCUT2D eigenvalue weighted by molar-refractivity contribution is 0.0939. The molecule has 4 N–H and O–H groups in total.